The summed E-state index contributed by atoms with van der Waals surface area (Å²) in [7, 11) is 2.12. The number of fused-ring (bicyclic) bond motifs is 1. The van der Waals surface area contributed by atoms with Gasteiger partial charge in [0.15, 0.2) is 0 Å². The minimum absolute atomic E-state index is 0.218. The van der Waals surface area contributed by atoms with Crippen LogP contribution in [-0.4, -0.2) is 34.1 Å². The van der Waals surface area contributed by atoms with Gasteiger partial charge < -0.3 is 15.2 Å². The van der Waals surface area contributed by atoms with Crippen LogP contribution in [0.3, 0.4) is 0 Å². The van der Waals surface area contributed by atoms with Gasteiger partial charge in [0.25, 0.3) is 0 Å². The highest BCUT2D eigenvalue weighted by Crippen LogP contribution is 2.26. The van der Waals surface area contributed by atoms with Gasteiger partial charge in [0, 0.05) is 25.2 Å². The average Bonchev–Trinajstić information content (AvgIpc) is 3.15. The molecule has 1 aliphatic carbocycles. The van der Waals surface area contributed by atoms with Gasteiger partial charge in [-0.15, -0.1) is 0 Å². The number of hydrogen-bond acceptors (Lipinski definition) is 3. The molecule has 0 unspecified atom stereocenters. The minimum Gasteiger partial charge on any atom is -0.369 e. The lowest BCUT2D eigenvalue weighted by molar-refractivity contribution is 0.311. The van der Waals surface area contributed by atoms with E-state index in [4.69, 9.17) is 5.73 Å². The lowest BCUT2D eigenvalue weighted by Gasteiger charge is -2.16. The molecule has 2 aromatic rings. The van der Waals surface area contributed by atoms with Crippen molar-refractivity contribution in [3.8, 4) is 0 Å². The van der Waals surface area contributed by atoms with Gasteiger partial charge >= 0.3 is 0 Å². The summed E-state index contributed by atoms with van der Waals surface area (Å²) in [6.45, 7) is 1.66. The van der Waals surface area contributed by atoms with Crippen molar-refractivity contribution in [1.82, 2.24) is 14.5 Å². The van der Waals surface area contributed by atoms with Crippen molar-refractivity contribution in [2.24, 2.45) is 0 Å². The molecule has 0 saturated heterocycles. The molecule has 1 aliphatic rings. The molecule has 2 N–H and O–H groups in total. The van der Waals surface area contributed by atoms with Crippen molar-refractivity contribution in [1.29, 1.82) is 0 Å². The lowest BCUT2D eigenvalue weighted by atomic mass is 10.3. The topological polar surface area (TPSA) is 47.1 Å². The number of likely N-dealkylation sites (N-methyl/N-ethyl adjacent to an activating group) is 1. The summed E-state index contributed by atoms with van der Waals surface area (Å²) < 4.78 is 16.1. The van der Waals surface area contributed by atoms with Crippen LogP contribution in [-0.2, 0) is 6.54 Å². The van der Waals surface area contributed by atoms with Gasteiger partial charge in [0.05, 0.1) is 14.6 Å². The fourth-order valence-corrected chi connectivity index (χ4v) is 2.78. The first-order valence-corrected chi connectivity index (χ1v) is 7.45. The van der Waals surface area contributed by atoms with Crippen LogP contribution in [0, 0.1) is 9.39 Å². The van der Waals surface area contributed by atoms with Crippen LogP contribution < -0.4 is 5.73 Å². The van der Waals surface area contributed by atoms with Gasteiger partial charge in [-0.2, -0.15) is 0 Å². The number of benzene rings is 1. The second-order valence-corrected chi connectivity index (χ2v) is 6.25. The molecule has 0 aliphatic heterocycles. The molecule has 0 amide bonds. The first-order chi connectivity index (χ1) is 9.06. The van der Waals surface area contributed by atoms with E-state index in [9.17, 15) is 4.39 Å². The SMILES string of the molecule is CN(CCn1c(N)nc2cc(I)c(F)cc21)C1CC1. The molecule has 1 fully saturated rings. The van der Waals surface area contributed by atoms with Crippen LogP contribution in [0.5, 0.6) is 0 Å². The van der Waals surface area contributed by atoms with E-state index in [1.54, 1.807) is 6.07 Å². The fourth-order valence-electron chi connectivity index (χ4n) is 2.33. The Morgan fingerprint density at radius 3 is 2.95 bits per heavy atom. The number of aromatic nitrogens is 2. The van der Waals surface area contributed by atoms with E-state index in [0.717, 1.165) is 24.1 Å². The Hall–Kier alpha value is -0.890. The van der Waals surface area contributed by atoms with Crippen molar-refractivity contribution in [2.45, 2.75) is 25.4 Å². The molecule has 0 radical (unpaired) electrons. The largest absolute Gasteiger partial charge is 0.369 e. The number of anilines is 1. The summed E-state index contributed by atoms with van der Waals surface area (Å²) in [6, 6.07) is 3.98. The fraction of sp³-hybridized carbons (Fsp3) is 0.462. The summed E-state index contributed by atoms with van der Waals surface area (Å²) in [5, 5.41) is 0. The minimum atomic E-state index is -0.218. The summed E-state index contributed by atoms with van der Waals surface area (Å²) >= 11 is 1.97. The van der Waals surface area contributed by atoms with Gasteiger partial charge in [0.1, 0.15) is 5.82 Å². The van der Waals surface area contributed by atoms with Crippen molar-refractivity contribution >= 4 is 39.6 Å². The molecule has 4 nitrogen and oxygen atoms in total. The maximum atomic E-state index is 13.7. The maximum absolute atomic E-state index is 13.7. The highest BCUT2D eigenvalue weighted by atomic mass is 127. The van der Waals surface area contributed by atoms with Crippen molar-refractivity contribution in [3.63, 3.8) is 0 Å². The number of rotatable bonds is 4. The molecule has 3 rings (SSSR count). The average molecular weight is 374 g/mol. The monoisotopic (exact) mass is 374 g/mol. The Labute approximate surface area is 124 Å². The van der Waals surface area contributed by atoms with Crippen LogP contribution >= 0.6 is 22.6 Å². The van der Waals surface area contributed by atoms with Gasteiger partial charge in [-0.25, -0.2) is 9.37 Å². The van der Waals surface area contributed by atoms with Crippen LogP contribution in [0.4, 0.5) is 10.3 Å². The number of nitrogens with two attached hydrogens (primary N) is 1. The summed E-state index contributed by atoms with van der Waals surface area (Å²) in [4.78, 5) is 6.63. The Kier molecular flexibility index (Phi) is 3.38. The van der Waals surface area contributed by atoms with Gasteiger partial charge in [-0.05, 0) is 48.5 Å². The highest BCUT2D eigenvalue weighted by molar-refractivity contribution is 14.1. The molecule has 1 saturated carbocycles. The second-order valence-electron chi connectivity index (χ2n) is 5.09. The maximum Gasteiger partial charge on any atom is 0.201 e. The predicted octanol–water partition coefficient (Wildman–Crippen LogP) is 2.46. The van der Waals surface area contributed by atoms with E-state index < -0.39 is 0 Å². The summed E-state index contributed by atoms with van der Waals surface area (Å²) in [5.41, 5.74) is 7.48. The van der Waals surface area contributed by atoms with Crippen LogP contribution in [0.25, 0.3) is 11.0 Å². The Morgan fingerprint density at radius 2 is 2.26 bits per heavy atom. The zero-order valence-electron chi connectivity index (χ0n) is 10.7. The molecular weight excluding hydrogens is 358 g/mol. The summed E-state index contributed by atoms with van der Waals surface area (Å²) in [5.74, 6) is 0.241. The van der Waals surface area contributed by atoms with Crippen LogP contribution in [0.1, 0.15) is 12.8 Å². The number of nitrogen functional groups attached to an aromatic ring is 1. The molecule has 1 aromatic heterocycles. The second kappa shape index (κ2) is 4.90. The summed E-state index contributed by atoms with van der Waals surface area (Å²) in [6.07, 6.45) is 2.56. The third-order valence-corrected chi connectivity index (χ3v) is 4.49. The van der Waals surface area contributed by atoms with E-state index in [1.807, 2.05) is 27.2 Å². The first-order valence-electron chi connectivity index (χ1n) is 6.37. The Bertz CT molecular complexity index is 621. The van der Waals surface area contributed by atoms with E-state index >= 15 is 0 Å². The van der Waals surface area contributed by atoms with Gasteiger partial charge in [-0.3, -0.25) is 0 Å². The van der Waals surface area contributed by atoms with Gasteiger partial charge in [-0.1, -0.05) is 0 Å². The number of halogens is 2. The normalized spacial score (nSPS) is 15.6. The zero-order chi connectivity index (χ0) is 13.6. The van der Waals surface area contributed by atoms with E-state index in [-0.39, 0.29) is 5.82 Å². The zero-order valence-corrected chi connectivity index (χ0v) is 12.9. The van der Waals surface area contributed by atoms with Gasteiger partial charge in [0.2, 0.25) is 5.95 Å². The molecule has 1 aromatic carbocycles. The molecule has 1 heterocycles. The number of nitrogens with zero attached hydrogens (tertiary/aromatic N) is 3. The van der Waals surface area contributed by atoms with E-state index in [1.165, 1.54) is 18.9 Å². The van der Waals surface area contributed by atoms with Crippen LogP contribution in [0.2, 0.25) is 0 Å². The molecule has 6 heteroatoms. The molecule has 0 atom stereocenters. The third kappa shape index (κ3) is 2.55. The van der Waals surface area contributed by atoms with Crippen molar-refractivity contribution in [3.05, 3.63) is 21.5 Å². The molecule has 19 heavy (non-hydrogen) atoms. The predicted molar refractivity (Wildman–Crippen MR) is 82.5 cm³/mol. The number of imidazole rings is 1. The highest BCUT2D eigenvalue weighted by Gasteiger charge is 2.25. The Balaban J connectivity index is 1.88. The van der Waals surface area contributed by atoms with Crippen molar-refractivity contribution in [2.75, 3.05) is 19.3 Å². The van der Waals surface area contributed by atoms with E-state index in [0.29, 0.717) is 15.6 Å². The molecule has 0 spiro atoms. The van der Waals surface area contributed by atoms with Crippen molar-refractivity contribution < 1.29 is 4.39 Å². The Morgan fingerprint density at radius 1 is 1.53 bits per heavy atom. The molecular formula is C13H16FIN4. The molecule has 102 valence electrons. The van der Waals surface area contributed by atoms with Crippen LogP contribution in [0.15, 0.2) is 12.1 Å². The first kappa shape index (κ1) is 13.1. The number of hydrogen-bond donors (Lipinski definition) is 1. The molecule has 0 bridgehead atoms. The lowest BCUT2D eigenvalue weighted by Crippen LogP contribution is -2.25. The standard InChI is InChI=1S/C13H16FIN4/c1-18(8-2-3-8)4-5-19-12-6-9(14)10(15)7-11(12)17-13(19)16/h6-8H,2-5H2,1H3,(H2,16,17). The van der Waals surface area contributed by atoms with E-state index in [2.05, 4.69) is 16.9 Å². The smallest absolute Gasteiger partial charge is 0.201 e. The quantitative estimate of drug-likeness (QED) is 0.837. The third-order valence-electron chi connectivity index (χ3n) is 3.67.